The maximum atomic E-state index is 13.3. The Kier molecular flexibility index (Phi) is 5.95. The molecule has 1 amide bonds. The number of hydrogen-bond donors (Lipinski definition) is 1. The van der Waals surface area contributed by atoms with Gasteiger partial charge in [-0.15, -0.1) is 11.3 Å². The molecule has 3 aromatic rings. The van der Waals surface area contributed by atoms with Gasteiger partial charge in [0.25, 0.3) is 5.91 Å². The quantitative estimate of drug-likeness (QED) is 0.511. The highest BCUT2D eigenvalue weighted by molar-refractivity contribution is 7.16. The Bertz CT molecular complexity index is 1090. The third kappa shape index (κ3) is 4.28. The minimum absolute atomic E-state index is 0.183. The third-order valence-corrected chi connectivity index (χ3v) is 6.44. The summed E-state index contributed by atoms with van der Waals surface area (Å²) in [6, 6.07) is 13.5. The Balaban J connectivity index is 1.70. The van der Waals surface area contributed by atoms with Gasteiger partial charge < -0.3 is 10.1 Å². The van der Waals surface area contributed by atoms with Crippen molar-refractivity contribution in [1.82, 2.24) is 0 Å². The molecule has 1 N–H and O–H groups in total. The number of rotatable bonds is 5. The van der Waals surface area contributed by atoms with E-state index >= 15 is 0 Å². The van der Waals surface area contributed by atoms with Crippen LogP contribution in [0.3, 0.4) is 0 Å². The summed E-state index contributed by atoms with van der Waals surface area (Å²) in [7, 11) is 1.58. The standard InChI is InChI=1S/C24H23FN2O2S/c1-15-7-12-18-21(13-15)30-24(26-14-16-8-10-17(25)11-9-16)22(18)23(28)27-19-5-3-4-6-20(19)29-2/h3-6,8-11,14-15H,7,12-13H2,1-2H3,(H,27,28)/t15-/m1/s1. The molecule has 0 spiro atoms. The lowest BCUT2D eigenvalue weighted by Crippen LogP contribution is -2.17. The van der Waals surface area contributed by atoms with Crippen LogP contribution in [0.1, 0.15) is 39.7 Å². The fourth-order valence-electron chi connectivity index (χ4n) is 3.68. The number of methoxy groups -OCH3 is 1. The second-order valence-corrected chi connectivity index (χ2v) is 8.58. The first-order valence-electron chi connectivity index (χ1n) is 9.93. The summed E-state index contributed by atoms with van der Waals surface area (Å²) in [5.41, 5.74) is 3.14. The number of thiophene rings is 1. The topological polar surface area (TPSA) is 50.7 Å². The molecule has 1 aromatic heterocycles. The van der Waals surface area contributed by atoms with E-state index in [2.05, 4.69) is 17.2 Å². The van der Waals surface area contributed by atoms with Crippen molar-refractivity contribution in [3.8, 4) is 5.75 Å². The number of fused-ring (bicyclic) bond motifs is 1. The van der Waals surface area contributed by atoms with E-state index in [9.17, 15) is 9.18 Å². The molecule has 4 nitrogen and oxygen atoms in total. The number of anilines is 1. The fraction of sp³-hybridized carbons (Fsp3) is 0.250. The number of carbonyl (C=O) groups excluding carboxylic acids is 1. The van der Waals surface area contributed by atoms with Crippen LogP contribution >= 0.6 is 11.3 Å². The minimum atomic E-state index is -0.287. The molecule has 1 atom stereocenters. The maximum Gasteiger partial charge on any atom is 0.259 e. The summed E-state index contributed by atoms with van der Waals surface area (Å²) >= 11 is 1.57. The van der Waals surface area contributed by atoms with Crippen molar-refractivity contribution in [2.45, 2.75) is 26.2 Å². The van der Waals surface area contributed by atoms with E-state index in [-0.39, 0.29) is 11.7 Å². The number of nitrogens with zero attached hydrogens (tertiary/aromatic N) is 1. The first-order valence-corrected chi connectivity index (χ1v) is 10.8. The number of para-hydroxylation sites is 2. The van der Waals surface area contributed by atoms with Gasteiger partial charge in [-0.1, -0.05) is 31.2 Å². The molecule has 4 rings (SSSR count). The highest BCUT2D eigenvalue weighted by atomic mass is 32.1. The molecule has 2 aromatic carbocycles. The van der Waals surface area contributed by atoms with Crippen molar-refractivity contribution >= 4 is 34.1 Å². The molecule has 0 saturated heterocycles. The number of aliphatic imine (C=N–C) groups is 1. The molecular formula is C24H23FN2O2S. The zero-order valence-electron chi connectivity index (χ0n) is 16.9. The first-order chi connectivity index (χ1) is 14.5. The maximum absolute atomic E-state index is 13.3. The van der Waals surface area contributed by atoms with Crippen molar-refractivity contribution in [2.75, 3.05) is 12.4 Å². The van der Waals surface area contributed by atoms with Gasteiger partial charge >= 0.3 is 0 Å². The molecule has 6 heteroatoms. The normalized spacial score (nSPS) is 15.8. The van der Waals surface area contributed by atoms with E-state index in [1.165, 1.54) is 17.0 Å². The molecule has 0 unspecified atom stereocenters. The molecule has 0 radical (unpaired) electrons. The van der Waals surface area contributed by atoms with Gasteiger partial charge in [0.15, 0.2) is 0 Å². The second kappa shape index (κ2) is 8.79. The summed E-state index contributed by atoms with van der Waals surface area (Å²) in [6.07, 6.45) is 4.56. The van der Waals surface area contributed by atoms with Gasteiger partial charge in [0.2, 0.25) is 0 Å². The molecular weight excluding hydrogens is 399 g/mol. The molecule has 0 saturated carbocycles. The second-order valence-electron chi connectivity index (χ2n) is 7.50. The van der Waals surface area contributed by atoms with E-state index in [0.717, 1.165) is 30.4 Å². The third-order valence-electron chi connectivity index (χ3n) is 5.28. The molecule has 1 aliphatic carbocycles. The predicted octanol–water partition coefficient (Wildman–Crippen LogP) is 6.02. The summed E-state index contributed by atoms with van der Waals surface area (Å²) in [4.78, 5) is 19.1. The van der Waals surface area contributed by atoms with Crippen LogP contribution in [0.5, 0.6) is 5.75 Å². The number of carbonyl (C=O) groups is 1. The van der Waals surface area contributed by atoms with Crippen LogP contribution in [-0.2, 0) is 12.8 Å². The van der Waals surface area contributed by atoms with Crippen LogP contribution in [0.15, 0.2) is 53.5 Å². The number of hydrogen-bond acceptors (Lipinski definition) is 4. The Morgan fingerprint density at radius 2 is 2.00 bits per heavy atom. The van der Waals surface area contributed by atoms with Gasteiger partial charge in [-0.3, -0.25) is 4.79 Å². The number of nitrogens with one attached hydrogen (secondary N) is 1. The van der Waals surface area contributed by atoms with Crippen LogP contribution in [0.4, 0.5) is 15.1 Å². The lowest BCUT2D eigenvalue weighted by Gasteiger charge is -2.18. The van der Waals surface area contributed by atoms with Gasteiger partial charge in [0, 0.05) is 11.1 Å². The van der Waals surface area contributed by atoms with E-state index in [1.54, 1.807) is 36.8 Å². The predicted molar refractivity (Wildman–Crippen MR) is 120 cm³/mol. The molecule has 0 aliphatic heterocycles. The Morgan fingerprint density at radius 1 is 1.23 bits per heavy atom. The number of halogens is 1. The molecule has 1 aliphatic rings. The van der Waals surface area contributed by atoms with Gasteiger partial charge in [0.1, 0.15) is 16.6 Å². The summed E-state index contributed by atoms with van der Waals surface area (Å²) in [5.74, 6) is 0.734. The molecule has 1 heterocycles. The lowest BCUT2D eigenvalue weighted by molar-refractivity contribution is 0.102. The van der Waals surface area contributed by atoms with Crippen LogP contribution in [0.2, 0.25) is 0 Å². The fourth-order valence-corrected chi connectivity index (χ4v) is 5.03. The molecule has 0 fully saturated rings. The van der Waals surface area contributed by atoms with Gasteiger partial charge in [-0.2, -0.15) is 0 Å². The molecule has 30 heavy (non-hydrogen) atoms. The Labute approximate surface area is 179 Å². The van der Waals surface area contributed by atoms with Crippen LogP contribution in [0, 0.1) is 11.7 Å². The summed E-state index contributed by atoms with van der Waals surface area (Å²) in [5, 5.41) is 3.68. The van der Waals surface area contributed by atoms with Crippen LogP contribution < -0.4 is 10.1 Å². The largest absolute Gasteiger partial charge is 0.495 e. The lowest BCUT2D eigenvalue weighted by atomic mass is 9.88. The monoisotopic (exact) mass is 422 g/mol. The first kappa shape index (κ1) is 20.3. The van der Waals surface area contributed by atoms with Crippen molar-refractivity contribution < 1.29 is 13.9 Å². The van der Waals surface area contributed by atoms with Gasteiger partial charge in [-0.05, 0) is 60.6 Å². The van der Waals surface area contributed by atoms with E-state index < -0.39 is 0 Å². The number of amides is 1. The van der Waals surface area contributed by atoms with E-state index in [1.807, 2.05) is 24.3 Å². The van der Waals surface area contributed by atoms with Crippen LogP contribution in [0.25, 0.3) is 0 Å². The molecule has 154 valence electrons. The van der Waals surface area contributed by atoms with Crippen LogP contribution in [-0.4, -0.2) is 19.2 Å². The van der Waals surface area contributed by atoms with Crippen molar-refractivity contribution in [2.24, 2.45) is 10.9 Å². The average Bonchev–Trinajstić information content (AvgIpc) is 3.11. The van der Waals surface area contributed by atoms with Crippen molar-refractivity contribution in [3.63, 3.8) is 0 Å². The average molecular weight is 423 g/mol. The van der Waals surface area contributed by atoms with E-state index in [4.69, 9.17) is 4.74 Å². The Hall–Kier alpha value is -2.99. The summed E-state index contributed by atoms with van der Waals surface area (Å²) < 4.78 is 18.5. The van der Waals surface area contributed by atoms with Crippen molar-refractivity contribution in [3.05, 3.63) is 75.9 Å². The highest BCUT2D eigenvalue weighted by Crippen LogP contribution is 2.41. The smallest absolute Gasteiger partial charge is 0.259 e. The number of ether oxygens (including phenoxy) is 1. The van der Waals surface area contributed by atoms with E-state index in [0.29, 0.717) is 27.9 Å². The van der Waals surface area contributed by atoms with Gasteiger partial charge in [-0.25, -0.2) is 9.38 Å². The zero-order valence-corrected chi connectivity index (χ0v) is 17.8. The highest BCUT2D eigenvalue weighted by Gasteiger charge is 2.27. The summed E-state index contributed by atoms with van der Waals surface area (Å²) in [6.45, 7) is 2.23. The van der Waals surface area contributed by atoms with Gasteiger partial charge in [0.05, 0.1) is 18.4 Å². The van der Waals surface area contributed by atoms with Crippen molar-refractivity contribution in [1.29, 1.82) is 0 Å². The molecule has 0 bridgehead atoms. The Morgan fingerprint density at radius 3 is 2.77 bits per heavy atom. The zero-order chi connectivity index (χ0) is 21.1. The number of benzene rings is 2. The SMILES string of the molecule is COc1ccccc1NC(=O)c1c(N=Cc2ccc(F)cc2)sc2c1CC[C@@H](C)C2. The minimum Gasteiger partial charge on any atom is -0.495 e.